The fourth-order valence-corrected chi connectivity index (χ4v) is 1.90. The molecule has 0 fully saturated rings. The van der Waals surface area contributed by atoms with Crippen LogP contribution in [0.4, 0.5) is 5.82 Å². The van der Waals surface area contributed by atoms with Gasteiger partial charge >= 0.3 is 0 Å². The SMILES string of the molecule is Cc1cc(-c2ccccc2)nc2cc(N)nn12. The van der Waals surface area contributed by atoms with Crippen molar-refractivity contribution in [3.05, 3.63) is 48.2 Å². The first kappa shape index (κ1) is 9.84. The van der Waals surface area contributed by atoms with E-state index in [9.17, 15) is 0 Å². The second kappa shape index (κ2) is 3.59. The number of benzene rings is 1. The van der Waals surface area contributed by atoms with Crippen molar-refractivity contribution in [2.24, 2.45) is 0 Å². The van der Waals surface area contributed by atoms with Gasteiger partial charge in [0.2, 0.25) is 0 Å². The number of hydrogen-bond donors (Lipinski definition) is 1. The van der Waals surface area contributed by atoms with Gasteiger partial charge in [0.05, 0.1) is 5.69 Å². The van der Waals surface area contributed by atoms with Gasteiger partial charge in [-0.15, -0.1) is 5.10 Å². The van der Waals surface area contributed by atoms with Crippen molar-refractivity contribution >= 4 is 11.5 Å². The summed E-state index contributed by atoms with van der Waals surface area (Å²) in [5, 5.41) is 4.18. The smallest absolute Gasteiger partial charge is 0.158 e. The number of rotatable bonds is 1. The van der Waals surface area contributed by atoms with Gasteiger partial charge in [-0.05, 0) is 13.0 Å². The third kappa shape index (κ3) is 1.63. The minimum absolute atomic E-state index is 0.491. The third-order valence-corrected chi connectivity index (χ3v) is 2.69. The van der Waals surface area contributed by atoms with E-state index in [1.165, 1.54) is 0 Å². The lowest BCUT2D eigenvalue weighted by molar-refractivity contribution is 0.901. The topological polar surface area (TPSA) is 56.2 Å². The van der Waals surface area contributed by atoms with Crippen molar-refractivity contribution in [2.75, 3.05) is 5.73 Å². The molecule has 4 nitrogen and oxygen atoms in total. The Hall–Kier alpha value is -2.36. The summed E-state index contributed by atoms with van der Waals surface area (Å²) >= 11 is 0. The Bertz CT molecular complexity index is 670. The Balaban J connectivity index is 2.25. The number of nitrogens with two attached hydrogens (primary N) is 1. The predicted molar refractivity (Wildman–Crippen MR) is 67.6 cm³/mol. The highest BCUT2D eigenvalue weighted by atomic mass is 15.3. The van der Waals surface area contributed by atoms with Gasteiger partial charge in [-0.25, -0.2) is 9.50 Å². The summed E-state index contributed by atoms with van der Waals surface area (Å²) in [4.78, 5) is 4.55. The zero-order valence-electron chi connectivity index (χ0n) is 9.46. The van der Waals surface area contributed by atoms with Gasteiger partial charge in [0.15, 0.2) is 5.65 Å². The van der Waals surface area contributed by atoms with E-state index in [1.807, 2.05) is 43.3 Å². The van der Waals surface area contributed by atoms with Crippen LogP contribution in [0.25, 0.3) is 16.9 Å². The van der Waals surface area contributed by atoms with Gasteiger partial charge in [0.1, 0.15) is 5.82 Å². The van der Waals surface area contributed by atoms with E-state index in [0.717, 1.165) is 22.6 Å². The predicted octanol–water partition coefficient (Wildman–Crippen LogP) is 2.29. The largest absolute Gasteiger partial charge is 0.382 e. The van der Waals surface area contributed by atoms with Gasteiger partial charge < -0.3 is 5.73 Å². The van der Waals surface area contributed by atoms with Gasteiger partial charge in [-0.2, -0.15) is 0 Å². The maximum atomic E-state index is 5.68. The molecule has 0 saturated carbocycles. The summed E-state index contributed by atoms with van der Waals surface area (Å²) in [6.07, 6.45) is 0. The molecule has 0 unspecified atom stereocenters. The first-order chi connectivity index (χ1) is 8.24. The second-order valence-corrected chi connectivity index (χ2v) is 3.99. The van der Waals surface area contributed by atoms with Crippen molar-refractivity contribution in [1.82, 2.24) is 14.6 Å². The number of nitrogens with zero attached hydrogens (tertiary/aromatic N) is 3. The summed E-state index contributed by atoms with van der Waals surface area (Å²) in [7, 11) is 0. The molecule has 4 heteroatoms. The molecule has 0 saturated heterocycles. The van der Waals surface area contributed by atoms with Crippen molar-refractivity contribution < 1.29 is 0 Å². The van der Waals surface area contributed by atoms with Crippen molar-refractivity contribution in [3.63, 3.8) is 0 Å². The van der Waals surface area contributed by atoms with Crippen LogP contribution in [0.2, 0.25) is 0 Å². The van der Waals surface area contributed by atoms with Gasteiger partial charge in [-0.1, -0.05) is 30.3 Å². The molecule has 84 valence electrons. The van der Waals surface area contributed by atoms with Crippen LogP contribution in [0.15, 0.2) is 42.5 Å². The molecule has 0 radical (unpaired) electrons. The molecule has 17 heavy (non-hydrogen) atoms. The first-order valence-corrected chi connectivity index (χ1v) is 5.42. The van der Waals surface area contributed by atoms with Gasteiger partial charge in [-0.3, -0.25) is 0 Å². The monoisotopic (exact) mass is 224 g/mol. The molecular weight excluding hydrogens is 212 g/mol. The Morgan fingerprint density at radius 3 is 2.65 bits per heavy atom. The first-order valence-electron chi connectivity index (χ1n) is 5.42. The number of hydrogen-bond acceptors (Lipinski definition) is 3. The molecule has 0 spiro atoms. The van der Waals surface area contributed by atoms with E-state index in [0.29, 0.717) is 5.82 Å². The lowest BCUT2D eigenvalue weighted by Crippen LogP contribution is -1.97. The van der Waals surface area contributed by atoms with Crippen molar-refractivity contribution in [1.29, 1.82) is 0 Å². The van der Waals surface area contributed by atoms with Crippen molar-refractivity contribution in [2.45, 2.75) is 6.92 Å². The summed E-state index contributed by atoms with van der Waals surface area (Å²) in [5.74, 6) is 0.491. The Kier molecular flexibility index (Phi) is 2.08. The molecule has 0 aliphatic rings. The van der Waals surface area contributed by atoms with Crippen LogP contribution in [0.1, 0.15) is 5.69 Å². The Morgan fingerprint density at radius 1 is 1.12 bits per heavy atom. The Morgan fingerprint density at radius 2 is 1.88 bits per heavy atom. The number of anilines is 1. The molecule has 0 atom stereocenters. The molecule has 3 rings (SSSR count). The van der Waals surface area contributed by atoms with Crippen LogP contribution < -0.4 is 5.73 Å². The normalized spacial score (nSPS) is 10.9. The molecule has 2 aromatic heterocycles. The Labute approximate surface area is 98.7 Å². The third-order valence-electron chi connectivity index (χ3n) is 2.69. The zero-order valence-corrected chi connectivity index (χ0v) is 9.46. The number of fused-ring (bicyclic) bond motifs is 1. The summed E-state index contributed by atoms with van der Waals surface area (Å²) in [5.41, 5.74) is 9.51. The molecule has 1 aromatic carbocycles. The van der Waals surface area contributed by atoms with Gasteiger partial charge in [0.25, 0.3) is 0 Å². The molecule has 2 heterocycles. The van der Waals surface area contributed by atoms with E-state index in [-0.39, 0.29) is 0 Å². The fourth-order valence-electron chi connectivity index (χ4n) is 1.90. The maximum absolute atomic E-state index is 5.68. The molecule has 0 aliphatic heterocycles. The molecule has 0 amide bonds. The minimum atomic E-state index is 0.491. The maximum Gasteiger partial charge on any atom is 0.158 e. The standard InChI is InChI=1S/C13H12N4/c1-9-7-11(10-5-3-2-4-6-10)15-13-8-12(14)16-17(9)13/h2-8H,1H3,(H2,14,16). The highest BCUT2D eigenvalue weighted by Gasteiger charge is 2.06. The van der Waals surface area contributed by atoms with Crippen LogP contribution in [-0.4, -0.2) is 14.6 Å². The quantitative estimate of drug-likeness (QED) is 0.690. The lowest BCUT2D eigenvalue weighted by Gasteiger charge is -2.04. The lowest BCUT2D eigenvalue weighted by atomic mass is 10.1. The molecule has 0 aliphatic carbocycles. The van der Waals surface area contributed by atoms with Crippen LogP contribution in [0.5, 0.6) is 0 Å². The second-order valence-electron chi connectivity index (χ2n) is 3.99. The van der Waals surface area contributed by atoms with Gasteiger partial charge in [0, 0.05) is 17.3 Å². The van der Waals surface area contributed by atoms with Crippen molar-refractivity contribution in [3.8, 4) is 11.3 Å². The zero-order chi connectivity index (χ0) is 11.8. The van der Waals surface area contributed by atoms with Crippen LogP contribution in [0.3, 0.4) is 0 Å². The number of aryl methyl sites for hydroxylation is 1. The molecular formula is C13H12N4. The minimum Gasteiger partial charge on any atom is -0.382 e. The molecule has 3 aromatic rings. The average Bonchev–Trinajstić information content (AvgIpc) is 2.71. The number of aromatic nitrogens is 3. The van der Waals surface area contributed by atoms with E-state index in [2.05, 4.69) is 10.1 Å². The van der Waals surface area contributed by atoms with Crippen LogP contribution >= 0.6 is 0 Å². The highest BCUT2D eigenvalue weighted by Crippen LogP contribution is 2.19. The highest BCUT2D eigenvalue weighted by molar-refractivity contribution is 5.63. The summed E-state index contributed by atoms with van der Waals surface area (Å²) < 4.78 is 1.75. The fraction of sp³-hybridized carbons (Fsp3) is 0.0769. The van der Waals surface area contributed by atoms with E-state index in [1.54, 1.807) is 10.6 Å². The van der Waals surface area contributed by atoms with E-state index in [4.69, 9.17) is 5.73 Å². The van der Waals surface area contributed by atoms with Crippen LogP contribution in [-0.2, 0) is 0 Å². The van der Waals surface area contributed by atoms with E-state index < -0.39 is 0 Å². The number of nitrogen functional groups attached to an aromatic ring is 1. The van der Waals surface area contributed by atoms with Crippen LogP contribution in [0, 0.1) is 6.92 Å². The summed E-state index contributed by atoms with van der Waals surface area (Å²) in [6, 6.07) is 13.9. The van der Waals surface area contributed by atoms with E-state index >= 15 is 0 Å². The average molecular weight is 224 g/mol. The summed E-state index contributed by atoms with van der Waals surface area (Å²) in [6.45, 7) is 1.99. The molecule has 0 bridgehead atoms. The molecule has 2 N–H and O–H groups in total.